The number of pyridine rings is 1. The Hall–Kier alpha value is -3.15. The summed E-state index contributed by atoms with van der Waals surface area (Å²) in [7, 11) is -3.67. The Bertz CT molecular complexity index is 1280. The number of anilines is 1. The fraction of sp³-hybridized carbons (Fsp3) is 0.409. The van der Waals surface area contributed by atoms with Crippen LogP contribution in [0.1, 0.15) is 47.8 Å². The Morgan fingerprint density at radius 3 is 2.71 bits per heavy atom. The highest BCUT2D eigenvalue weighted by Gasteiger charge is 2.54. The molecule has 2 aliphatic rings. The number of rotatable bonds is 5. The smallest absolute Gasteiger partial charge is 0.387 e. The number of aromatic nitrogens is 1. The van der Waals surface area contributed by atoms with Crippen LogP contribution in [0.4, 0.5) is 18.9 Å². The summed E-state index contributed by atoms with van der Waals surface area (Å²) < 4.78 is 70.2. The summed E-state index contributed by atoms with van der Waals surface area (Å²) in [5.74, 6) is -1.58. The van der Waals surface area contributed by atoms with Gasteiger partial charge in [0.1, 0.15) is 33.9 Å². The summed E-state index contributed by atoms with van der Waals surface area (Å²) >= 11 is 0. The Balaban J connectivity index is 1.66. The molecule has 1 amide bonds. The fourth-order valence-electron chi connectivity index (χ4n) is 4.71. The molecule has 0 spiro atoms. The molecule has 1 aromatic carbocycles. The summed E-state index contributed by atoms with van der Waals surface area (Å²) in [6.45, 7) is 0.00194. The highest BCUT2D eigenvalue weighted by molar-refractivity contribution is 7.93. The predicted molar refractivity (Wildman–Crippen MR) is 119 cm³/mol. The third kappa shape index (κ3) is 4.10. The van der Waals surface area contributed by atoms with Crippen molar-refractivity contribution < 1.29 is 31.1 Å². The molecule has 4 rings (SSSR count). The maximum absolute atomic E-state index is 15.0. The van der Waals surface area contributed by atoms with Crippen molar-refractivity contribution >= 4 is 27.3 Å². The van der Waals surface area contributed by atoms with E-state index in [2.05, 4.69) is 20.0 Å². The molecule has 1 saturated heterocycles. The summed E-state index contributed by atoms with van der Waals surface area (Å²) in [5, 5.41) is 0.774. The van der Waals surface area contributed by atoms with Crippen molar-refractivity contribution in [2.75, 3.05) is 5.32 Å². The van der Waals surface area contributed by atoms with Gasteiger partial charge in [0.2, 0.25) is 0 Å². The van der Waals surface area contributed by atoms with Gasteiger partial charge < -0.3 is 15.8 Å². The second-order valence-electron chi connectivity index (χ2n) is 8.55. The molecule has 3 heterocycles. The molecule has 0 radical (unpaired) electrons. The number of aryl methyl sites for hydroxylation is 1. The second-order valence-corrected chi connectivity index (χ2v) is 10.9. The van der Waals surface area contributed by atoms with Crippen molar-refractivity contribution in [3.05, 3.63) is 53.1 Å². The van der Waals surface area contributed by atoms with Gasteiger partial charge in [0.05, 0.1) is 11.4 Å². The van der Waals surface area contributed by atoms with Gasteiger partial charge in [-0.2, -0.15) is 8.78 Å². The largest absolute Gasteiger partial charge is 0.433 e. The maximum Gasteiger partial charge on any atom is 0.387 e. The molecule has 8 nitrogen and oxygen atoms in total. The highest BCUT2D eigenvalue weighted by Crippen LogP contribution is 2.45. The van der Waals surface area contributed by atoms with Crippen LogP contribution in [-0.4, -0.2) is 42.3 Å². The Labute approximate surface area is 194 Å². The van der Waals surface area contributed by atoms with Gasteiger partial charge in [-0.1, -0.05) is 6.42 Å². The van der Waals surface area contributed by atoms with Gasteiger partial charge in [-0.25, -0.2) is 17.8 Å². The van der Waals surface area contributed by atoms with E-state index in [1.165, 1.54) is 32.0 Å². The quantitative estimate of drug-likeness (QED) is 0.655. The number of halogens is 3. The number of carbonyl (C=O) groups excluding carboxylic acids is 1. The average Bonchev–Trinajstić information content (AvgIpc) is 2.72. The van der Waals surface area contributed by atoms with Crippen molar-refractivity contribution in [2.24, 2.45) is 10.7 Å². The van der Waals surface area contributed by atoms with E-state index in [9.17, 15) is 26.4 Å². The first-order chi connectivity index (χ1) is 15.9. The van der Waals surface area contributed by atoms with Gasteiger partial charge >= 0.3 is 6.61 Å². The third-order valence-corrected chi connectivity index (χ3v) is 9.07. The Morgan fingerprint density at radius 2 is 2.03 bits per heavy atom. The molecule has 1 fully saturated rings. The summed E-state index contributed by atoms with van der Waals surface area (Å²) in [5.41, 5.74) is 4.94. The monoisotopic (exact) mass is 496 g/mol. The number of nitrogens with two attached hydrogens (primary N) is 1. The summed E-state index contributed by atoms with van der Waals surface area (Å²) in [6.07, 6.45) is 2.32. The van der Waals surface area contributed by atoms with E-state index in [1.807, 2.05) is 0 Å². The second kappa shape index (κ2) is 8.57. The van der Waals surface area contributed by atoms with E-state index >= 15 is 0 Å². The number of nitrogens with one attached hydrogen (secondary N) is 1. The third-order valence-electron chi connectivity index (χ3n) is 6.31. The number of benzene rings is 1. The van der Waals surface area contributed by atoms with E-state index in [1.54, 1.807) is 0 Å². The minimum atomic E-state index is -3.67. The Morgan fingerprint density at radius 1 is 1.29 bits per heavy atom. The van der Waals surface area contributed by atoms with Crippen molar-refractivity contribution in [3.8, 4) is 5.75 Å². The first kappa shape index (κ1) is 24.0. The zero-order valence-corrected chi connectivity index (χ0v) is 19.2. The van der Waals surface area contributed by atoms with Crippen LogP contribution in [0, 0.1) is 12.7 Å². The number of nitrogens with zero attached hydrogens (tertiary/aromatic N) is 2. The molecule has 0 unspecified atom stereocenters. The van der Waals surface area contributed by atoms with Crippen LogP contribution >= 0.6 is 0 Å². The molecule has 3 N–H and O–H groups in total. The van der Waals surface area contributed by atoms with E-state index < -0.39 is 44.2 Å². The van der Waals surface area contributed by atoms with Gasteiger partial charge in [-0.15, -0.1) is 0 Å². The first-order valence-corrected chi connectivity index (χ1v) is 12.1. The number of alkyl halides is 2. The molecule has 3 atom stereocenters. The molecule has 1 aromatic heterocycles. The number of hydrogen-bond donors (Lipinski definition) is 2. The van der Waals surface area contributed by atoms with Crippen LogP contribution < -0.4 is 15.8 Å². The lowest BCUT2D eigenvalue weighted by Crippen LogP contribution is -2.57. The van der Waals surface area contributed by atoms with E-state index in [-0.39, 0.29) is 34.1 Å². The number of hydrogen-bond acceptors (Lipinski definition) is 7. The van der Waals surface area contributed by atoms with E-state index in [0.29, 0.717) is 19.3 Å². The van der Waals surface area contributed by atoms with Gasteiger partial charge in [0.15, 0.2) is 9.84 Å². The molecule has 0 aliphatic carbocycles. The van der Waals surface area contributed by atoms with Gasteiger partial charge in [0, 0.05) is 11.3 Å². The van der Waals surface area contributed by atoms with Crippen LogP contribution in [0.2, 0.25) is 0 Å². The number of amides is 1. The minimum Gasteiger partial charge on any atom is -0.433 e. The minimum absolute atomic E-state index is 0.00691. The zero-order valence-electron chi connectivity index (χ0n) is 18.4. The molecular formula is C22H23F3N4O4S. The van der Waals surface area contributed by atoms with E-state index in [0.717, 1.165) is 12.3 Å². The normalized spacial score (nSPS) is 25.5. The standard InChI is InChI=1S/C22H23F3N4O4S/c1-11-8-13(33-21(24)25)10-27-18(11)20(30)28-12-6-7-15(23)14(9-12)22(2)17-5-3-4-16(19(26)29-22)34(17,31)32/h6-10,16-17,21H,3-5H2,1-2H3,(H2,26,29)(H,28,30)/t16-,17-,22-/m1/s1. The van der Waals surface area contributed by atoms with Gasteiger partial charge in [-0.3, -0.25) is 9.79 Å². The van der Waals surface area contributed by atoms with Crippen LogP contribution in [0.3, 0.4) is 0 Å². The molecule has 0 saturated carbocycles. The lowest BCUT2D eigenvalue weighted by Gasteiger charge is -2.44. The number of sulfone groups is 1. The highest BCUT2D eigenvalue weighted by atomic mass is 32.2. The molecule has 2 bridgehead atoms. The van der Waals surface area contributed by atoms with E-state index in [4.69, 9.17) is 5.73 Å². The lowest BCUT2D eigenvalue weighted by atomic mass is 9.84. The first-order valence-electron chi connectivity index (χ1n) is 10.5. The van der Waals surface area contributed by atoms with Crippen molar-refractivity contribution in [1.29, 1.82) is 0 Å². The van der Waals surface area contributed by atoms with Gasteiger partial charge in [-0.05, 0) is 56.5 Å². The summed E-state index contributed by atoms with van der Waals surface area (Å²) in [6, 6.07) is 5.01. The summed E-state index contributed by atoms with van der Waals surface area (Å²) in [4.78, 5) is 21.1. The van der Waals surface area contributed by atoms with Crippen molar-refractivity contribution in [2.45, 2.75) is 55.8 Å². The SMILES string of the molecule is Cc1cc(OC(F)F)cnc1C(=O)Nc1ccc(F)c([C@@]2(C)N=C(N)[C@H]3CCC[C@H]2S3(=O)=O)c1. The number of aliphatic imine (C=N–C) groups is 1. The fourth-order valence-corrected chi connectivity index (χ4v) is 7.31. The average molecular weight is 497 g/mol. The number of ether oxygens (including phenoxy) is 1. The number of amidine groups is 1. The topological polar surface area (TPSA) is 124 Å². The van der Waals surface area contributed by atoms with Crippen LogP contribution in [-0.2, 0) is 15.4 Å². The molecular weight excluding hydrogens is 473 g/mol. The van der Waals surface area contributed by atoms with Crippen LogP contribution in [0.15, 0.2) is 35.5 Å². The van der Waals surface area contributed by atoms with Crippen molar-refractivity contribution in [1.82, 2.24) is 4.98 Å². The van der Waals surface area contributed by atoms with Crippen molar-refractivity contribution in [3.63, 3.8) is 0 Å². The molecule has 2 aromatic rings. The van der Waals surface area contributed by atoms with Crippen LogP contribution in [0.5, 0.6) is 5.75 Å². The molecule has 2 aliphatic heterocycles. The molecule has 34 heavy (non-hydrogen) atoms. The van der Waals surface area contributed by atoms with Gasteiger partial charge in [0.25, 0.3) is 5.91 Å². The number of fused-ring (bicyclic) bond motifs is 2. The Kier molecular flexibility index (Phi) is 6.05. The van der Waals surface area contributed by atoms with Crippen LogP contribution in [0.25, 0.3) is 0 Å². The molecule has 182 valence electrons. The molecule has 12 heteroatoms. The zero-order chi connectivity index (χ0) is 24.8. The lowest BCUT2D eigenvalue weighted by molar-refractivity contribution is -0.0501. The maximum atomic E-state index is 15.0. The number of carbonyl (C=O) groups is 1. The predicted octanol–water partition coefficient (Wildman–Crippen LogP) is 3.30.